The molecule has 0 saturated heterocycles. The number of furan rings is 1. The Balaban J connectivity index is 2.47. The lowest BCUT2D eigenvalue weighted by atomic mass is 10.1. The minimum Gasteiger partial charge on any atom is -0.480 e. The number of halogens is 1. The lowest BCUT2D eigenvalue weighted by Crippen LogP contribution is -2.40. The van der Waals surface area contributed by atoms with Crippen molar-refractivity contribution in [2.24, 2.45) is 0 Å². The standard InChI is InChI=1S/C15H16ClNO4/c1-8(2)17(7-13(18)19)15(20)14-9(3)11-6-10(16)4-5-12(11)21-14/h4-6,8H,7H2,1-3H3,(H,18,19). The van der Waals surface area contributed by atoms with Gasteiger partial charge in [0.15, 0.2) is 5.76 Å². The molecule has 0 fully saturated rings. The van der Waals surface area contributed by atoms with Gasteiger partial charge in [0.1, 0.15) is 12.1 Å². The van der Waals surface area contributed by atoms with Gasteiger partial charge in [-0.1, -0.05) is 11.6 Å². The molecule has 1 N–H and O–H groups in total. The summed E-state index contributed by atoms with van der Waals surface area (Å²) in [6.07, 6.45) is 0. The second-order valence-corrected chi connectivity index (χ2v) is 5.55. The average molecular weight is 310 g/mol. The largest absolute Gasteiger partial charge is 0.480 e. The molecular weight excluding hydrogens is 294 g/mol. The van der Waals surface area contributed by atoms with Crippen molar-refractivity contribution < 1.29 is 19.1 Å². The summed E-state index contributed by atoms with van der Waals surface area (Å²) in [5.74, 6) is -1.34. The van der Waals surface area contributed by atoms with E-state index in [-0.39, 0.29) is 18.3 Å². The van der Waals surface area contributed by atoms with Gasteiger partial charge in [0, 0.05) is 22.0 Å². The van der Waals surface area contributed by atoms with E-state index in [9.17, 15) is 9.59 Å². The molecule has 6 heteroatoms. The van der Waals surface area contributed by atoms with E-state index in [1.54, 1.807) is 39.0 Å². The molecular formula is C15H16ClNO4. The van der Waals surface area contributed by atoms with Gasteiger partial charge >= 0.3 is 5.97 Å². The van der Waals surface area contributed by atoms with E-state index < -0.39 is 11.9 Å². The fourth-order valence-corrected chi connectivity index (χ4v) is 2.33. The molecule has 0 aliphatic rings. The molecule has 1 heterocycles. The molecule has 2 aromatic rings. The van der Waals surface area contributed by atoms with Crippen molar-refractivity contribution in [3.8, 4) is 0 Å². The molecule has 0 atom stereocenters. The maximum atomic E-state index is 12.5. The van der Waals surface area contributed by atoms with Gasteiger partial charge in [-0.3, -0.25) is 9.59 Å². The van der Waals surface area contributed by atoms with Crippen LogP contribution in [0.15, 0.2) is 22.6 Å². The van der Waals surface area contributed by atoms with Crippen LogP contribution in [0.4, 0.5) is 0 Å². The highest BCUT2D eigenvalue weighted by molar-refractivity contribution is 6.31. The second kappa shape index (κ2) is 5.77. The van der Waals surface area contributed by atoms with Crippen LogP contribution in [0.3, 0.4) is 0 Å². The number of fused-ring (bicyclic) bond motifs is 1. The molecule has 0 saturated carbocycles. The van der Waals surface area contributed by atoms with Crippen LogP contribution in [0.2, 0.25) is 5.02 Å². The maximum Gasteiger partial charge on any atom is 0.323 e. The van der Waals surface area contributed by atoms with Crippen LogP contribution in [0.1, 0.15) is 30.0 Å². The van der Waals surface area contributed by atoms with Crippen molar-refractivity contribution in [3.05, 3.63) is 34.5 Å². The number of hydrogen-bond donors (Lipinski definition) is 1. The summed E-state index contributed by atoms with van der Waals surface area (Å²) in [5.41, 5.74) is 1.22. The Labute approximate surface area is 127 Å². The molecule has 1 aromatic heterocycles. The highest BCUT2D eigenvalue weighted by atomic mass is 35.5. The van der Waals surface area contributed by atoms with Gasteiger partial charge in [0.05, 0.1) is 0 Å². The van der Waals surface area contributed by atoms with E-state index in [1.165, 1.54) is 4.90 Å². The first-order valence-corrected chi connectivity index (χ1v) is 6.90. The van der Waals surface area contributed by atoms with Gasteiger partial charge in [-0.05, 0) is 39.0 Å². The van der Waals surface area contributed by atoms with Crippen molar-refractivity contribution >= 4 is 34.4 Å². The van der Waals surface area contributed by atoms with Gasteiger partial charge in [-0.25, -0.2) is 0 Å². The molecule has 1 aromatic carbocycles. The van der Waals surface area contributed by atoms with E-state index >= 15 is 0 Å². The Morgan fingerprint density at radius 3 is 2.62 bits per heavy atom. The smallest absolute Gasteiger partial charge is 0.323 e. The first kappa shape index (κ1) is 15.4. The van der Waals surface area contributed by atoms with Gasteiger partial charge in [0.25, 0.3) is 5.91 Å². The zero-order chi connectivity index (χ0) is 15.7. The number of nitrogens with zero attached hydrogens (tertiary/aromatic N) is 1. The van der Waals surface area contributed by atoms with Crippen molar-refractivity contribution in [1.29, 1.82) is 0 Å². The van der Waals surface area contributed by atoms with Crippen LogP contribution in [-0.2, 0) is 4.79 Å². The zero-order valence-electron chi connectivity index (χ0n) is 12.0. The molecule has 21 heavy (non-hydrogen) atoms. The molecule has 0 unspecified atom stereocenters. The normalized spacial score (nSPS) is 11.1. The van der Waals surface area contributed by atoms with Crippen molar-refractivity contribution in [2.75, 3.05) is 6.54 Å². The highest BCUT2D eigenvalue weighted by Gasteiger charge is 2.26. The highest BCUT2D eigenvalue weighted by Crippen LogP contribution is 2.29. The minimum atomic E-state index is -1.06. The van der Waals surface area contributed by atoms with E-state index in [0.717, 1.165) is 5.39 Å². The Kier molecular flexibility index (Phi) is 4.23. The van der Waals surface area contributed by atoms with Crippen molar-refractivity contribution in [3.63, 3.8) is 0 Å². The molecule has 0 spiro atoms. The third-order valence-corrected chi connectivity index (χ3v) is 3.52. The van der Waals surface area contributed by atoms with Crippen LogP contribution in [-0.4, -0.2) is 34.5 Å². The number of hydrogen-bond acceptors (Lipinski definition) is 3. The van der Waals surface area contributed by atoms with Crippen molar-refractivity contribution in [2.45, 2.75) is 26.8 Å². The van der Waals surface area contributed by atoms with Gasteiger partial charge in [-0.15, -0.1) is 0 Å². The molecule has 0 aliphatic heterocycles. The van der Waals surface area contributed by atoms with Crippen LogP contribution in [0, 0.1) is 6.92 Å². The zero-order valence-corrected chi connectivity index (χ0v) is 12.8. The summed E-state index contributed by atoms with van der Waals surface area (Å²) in [7, 11) is 0. The maximum absolute atomic E-state index is 12.5. The Bertz CT molecular complexity index is 705. The summed E-state index contributed by atoms with van der Waals surface area (Å²) in [6.45, 7) is 4.91. The Morgan fingerprint density at radius 2 is 2.05 bits per heavy atom. The molecule has 5 nitrogen and oxygen atoms in total. The lowest BCUT2D eigenvalue weighted by Gasteiger charge is -2.23. The quantitative estimate of drug-likeness (QED) is 0.940. The molecule has 0 aliphatic carbocycles. The molecule has 112 valence electrons. The SMILES string of the molecule is Cc1c(C(=O)N(CC(=O)O)C(C)C)oc2ccc(Cl)cc12. The first-order valence-electron chi connectivity index (χ1n) is 6.52. The molecule has 1 amide bonds. The number of amides is 1. The summed E-state index contributed by atoms with van der Waals surface area (Å²) < 4.78 is 5.59. The number of carboxylic acids is 1. The number of carbonyl (C=O) groups is 2. The lowest BCUT2D eigenvalue weighted by molar-refractivity contribution is -0.138. The van der Waals surface area contributed by atoms with Gasteiger partial charge < -0.3 is 14.4 Å². The Morgan fingerprint density at radius 1 is 1.38 bits per heavy atom. The summed E-state index contributed by atoms with van der Waals surface area (Å²) in [5, 5.41) is 10.2. The topological polar surface area (TPSA) is 70.8 Å². The summed E-state index contributed by atoms with van der Waals surface area (Å²) in [6, 6.07) is 4.85. The predicted molar refractivity (Wildman–Crippen MR) is 79.8 cm³/mol. The molecule has 0 radical (unpaired) electrons. The number of carbonyl (C=O) groups excluding carboxylic acids is 1. The van der Waals surface area contributed by atoms with E-state index in [0.29, 0.717) is 16.2 Å². The number of aliphatic carboxylic acids is 1. The second-order valence-electron chi connectivity index (χ2n) is 5.12. The number of aryl methyl sites for hydroxylation is 1. The average Bonchev–Trinajstić information content (AvgIpc) is 2.72. The fraction of sp³-hybridized carbons (Fsp3) is 0.333. The van der Waals surface area contributed by atoms with E-state index in [2.05, 4.69) is 0 Å². The summed E-state index contributed by atoms with van der Waals surface area (Å²) >= 11 is 5.95. The minimum absolute atomic E-state index is 0.155. The van der Waals surface area contributed by atoms with Crippen molar-refractivity contribution in [1.82, 2.24) is 4.90 Å². The predicted octanol–water partition coefficient (Wildman–Crippen LogP) is 3.33. The van der Waals surface area contributed by atoms with Crippen LogP contribution < -0.4 is 0 Å². The molecule has 0 bridgehead atoms. The third kappa shape index (κ3) is 3.03. The van der Waals surface area contributed by atoms with Crippen LogP contribution in [0.25, 0.3) is 11.0 Å². The monoisotopic (exact) mass is 309 g/mol. The first-order chi connectivity index (χ1) is 9.81. The van der Waals surface area contributed by atoms with E-state index in [4.69, 9.17) is 21.1 Å². The number of carboxylic acid groups (broad SMARTS) is 1. The van der Waals surface area contributed by atoms with Crippen LogP contribution in [0.5, 0.6) is 0 Å². The van der Waals surface area contributed by atoms with Gasteiger partial charge in [-0.2, -0.15) is 0 Å². The number of rotatable bonds is 4. The third-order valence-electron chi connectivity index (χ3n) is 3.28. The summed E-state index contributed by atoms with van der Waals surface area (Å²) in [4.78, 5) is 24.7. The van der Waals surface area contributed by atoms with Gasteiger partial charge in [0.2, 0.25) is 0 Å². The molecule has 2 rings (SSSR count). The number of benzene rings is 1. The van der Waals surface area contributed by atoms with Crippen LogP contribution >= 0.6 is 11.6 Å². The Hall–Kier alpha value is -2.01. The fourth-order valence-electron chi connectivity index (χ4n) is 2.16. The van der Waals surface area contributed by atoms with E-state index in [1.807, 2.05) is 0 Å².